The van der Waals surface area contributed by atoms with Crippen molar-refractivity contribution in [1.29, 1.82) is 0 Å². The maximum Gasteiger partial charge on any atom is 0.269 e. The average Bonchev–Trinajstić information content (AvgIpc) is 2.71. The van der Waals surface area contributed by atoms with Crippen LogP contribution in [0.15, 0.2) is 82.6 Å². The van der Waals surface area contributed by atoms with E-state index in [1.165, 1.54) is 29.5 Å². The fourth-order valence-corrected chi connectivity index (χ4v) is 4.79. The minimum Gasteiger partial charge on any atom is -0.287 e. The lowest BCUT2D eigenvalue weighted by atomic mass is 10.1. The number of rotatable bonds is 7. The fraction of sp³-hybridized carbons (Fsp3) is 0.174. The second-order valence-electron chi connectivity index (χ2n) is 6.76. The van der Waals surface area contributed by atoms with Gasteiger partial charge in [-0.3, -0.25) is 14.9 Å². The van der Waals surface area contributed by atoms with E-state index in [9.17, 15) is 14.9 Å². The van der Waals surface area contributed by atoms with Crippen LogP contribution in [-0.2, 0) is 4.79 Å². The van der Waals surface area contributed by atoms with Crippen LogP contribution in [0.1, 0.15) is 28.4 Å². The number of benzene rings is 3. The van der Waals surface area contributed by atoms with Gasteiger partial charge in [-0.15, -0.1) is 11.8 Å². The summed E-state index contributed by atoms with van der Waals surface area (Å²) >= 11 is 2.84. The lowest BCUT2D eigenvalue weighted by molar-refractivity contribution is -0.384. The fourth-order valence-electron chi connectivity index (χ4n) is 2.75. The monoisotopic (exact) mass is 423 g/mol. The molecule has 3 aromatic rings. The van der Waals surface area contributed by atoms with Crippen molar-refractivity contribution in [2.75, 3.05) is 0 Å². The molecule has 0 saturated heterocycles. The van der Waals surface area contributed by atoms with Gasteiger partial charge >= 0.3 is 0 Å². The second-order valence-corrected chi connectivity index (χ2v) is 9.17. The highest BCUT2D eigenvalue weighted by atomic mass is 32.2. The highest BCUT2D eigenvalue weighted by Crippen LogP contribution is 2.40. The maximum atomic E-state index is 12.7. The lowest BCUT2D eigenvalue weighted by Crippen LogP contribution is -2.02. The number of hydrogen-bond acceptors (Lipinski definition) is 5. The number of thioether (sulfide) groups is 2. The van der Waals surface area contributed by atoms with Gasteiger partial charge in [-0.05, 0) is 43.7 Å². The van der Waals surface area contributed by atoms with Crippen LogP contribution in [0.4, 0.5) is 5.69 Å². The Morgan fingerprint density at radius 1 is 0.862 bits per heavy atom. The van der Waals surface area contributed by atoms with Crippen molar-refractivity contribution in [3.8, 4) is 0 Å². The number of nitro benzene ring substituents is 1. The summed E-state index contributed by atoms with van der Waals surface area (Å²) in [4.78, 5) is 25.3. The van der Waals surface area contributed by atoms with Crippen molar-refractivity contribution in [1.82, 2.24) is 0 Å². The van der Waals surface area contributed by atoms with Crippen LogP contribution in [0, 0.1) is 24.0 Å². The molecule has 3 aromatic carbocycles. The van der Waals surface area contributed by atoms with E-state index in [-0.39, 0.29) is 16.1 Å². The standard InChI is InChI=1S/C23H21NO3S2/c1-16-3-11-20(12-4-16)28-22(18-7-9-19(10-8-18)24(26)27)15-23(25)29-21-13-5-17(2)6-14-21/h3-14,22H,15H2,1-2H3. The molecule has 0 aliphatic carbocycles. The summed E-state index contributed by atoms with van der Waals surface area (Å²) in [5.41, 5.74) is 3.28. The molecule has 0 spiro atoms. The summed E-state index contributed by atoms with van der Waals surface area (Å²) in [6.45, 7) is 4.04. The molecule has 0 aromatic heterocycles. The molecule has 0 bridgehead atoms. The highest BCUT2D eigenvalue weighted by molar-refractivity contribution is 8.13. The zero-order chi connectivity index (χ0) is 20.8. The van der Waals surface area contributed by atoms with E-state index in [1.54, 1.807) is 23.9 Å². The topological polar surface area (TPSA) is 60.2 Å². The Kier molecular flexibility index (Phi) is 7.12. The van der Waals surface area contributed by atoms with Gasteiger partial charge in [0.1, 0.15) is 0 Å². The maximum absolute atomic E-state index is 12.7. The molecular formula is C23H21NO3S2. The van der Waals surface area contributed by atoms with Gasteiger partial charge < -0.3 is 0 Å². The van der Waals surface area contributed by atoms with E-state index < -0.39 is 4.92 Å². The predicted molar refractivity (Wildman–Crippen MR) is 120 cm³/mol. The van der Waals surface area contributed by atoms with Crippen molar-refractivity contribution >= 4 is 34.3 Å². The van der Waals surface area contributed by atoms with Crippen molar-refractivity contribution in [2.45, 2.75) is 35.3 Å². The molecule has 0 amide bonds. The van der Waals surface area contributed by atoms with Crippen LogP contribution >= 0.6 is 23.5 Å². The average molecular weight is 424 g/mol. The van der Waals surface area contributed by atoms with E-state index >= 15 is 0 Å². The Morgan fingerprint density at radius 2 is 1.38 bits per heavy atom. The first kappa shape index (κ1) is 21.1. The molecule has 0 heterocycles. The zero-order valence-electron chi connectivity index (χ0n) is 16.2. The normalized spacial score (nSPS) is 11.8. The quantitative estimate of drug-likeness (QED) is 0.239. The second kappa shape index (κ2) is 9.76. The molecule has 0 radical (unpaired) electrons. The van der Waals surface area contributed by atoms with Crippen LogP contribution in [0.5, 0.6) is 0 Å². The van der Waals surface area contributed by atoms with Crippen molar-refractivity contribution in [2.24, 2.45) is 0 Å². The van der Waals surface area contributed by atoms with Gasteiger partial charge in [0.05, 0.1) is 4.92 Å². The van der Waals surface area contributed by atoms with Gasteiger partial charge in [-0.25, -0.2) is 0 Å². The molecular weight excluding hydrogens is 402 g/mol. The zero-order valence-corrected chi connectivity index (χ0v) is 17.8. The third-order valence-electron chi connectivity index (χ3n) is 4.38. The van der Waals surface area contributed by atoms with Gasteiger partial charge in [0.15, 0.2) is 5.12 Å². The van der Waals surface area contributed by atoms with Gasteiger partial charge in [0.25, 0.3) is 5.69 Å². The van der Waals surface area contributed by atoms with E-state index in [4.69, 9.17) is 0 Å². The Morgan fingerprint density at radius 3 is 1.90 bits per heavy atom. The molecule has 1 atom stereocenters. The van der Waals surface area contributed by atoms with E-state index in [0.717, 1.165) is 20.9 Å². The molecule has 0 fully saturated rings. The summed E-state index contributed by atoms with van der Waals surface area (Å²) in [5, 5.41) is 10.9. The van der Waals surface area contributed by atoms with Gasteiger partial charge in [0, 0.05) is 33.6 Å². The SMILES string of the molecule is Cc1ccc(SC(=O)CC(Sc2ccc(C)cc2)c2ccc([N+](=O)[O-])cc2)cc1. The molecule has 0 saturated carbocycles. The summed E-state index contributed by atoms with van der Waals surface area (Å²) in [6.07, 6.45) is 0.328. The van der Waals surface area contributed by atoms with Crippen LogP contribution < -0.4 is 0 Å². The Hall–Kier alpha value is -2.57. The van der Waals surface area contributed by atoms with E-state index in [2.05, 4.69) is 0 Å². The van der Waals surface area contributed by atoms with Crippen LogP contribution in [0.25, 0.3) is 0 Å². The molecule has 4 nitrogen and oxygen atoms in total. The molecule has 0 N–H and O–H groups in total. The summed E-state index contributed by atoms with van der Waals surface area (Å²) in [7, 11) is 0. The summed E-state index contributed by atoms with van der Waals surface area (Å²) in [6, 6.07) is 22.5. The van der Waals surface area contributed by atoms with Gasteiger partial charge in [-0.1, -0.05) is 59.3 Å². The van der Waals surface area contributed by atoms with Crippen molar-refractivity contribution in [3.05, 3.63) is 99.6 Å². The smallest absolute Gasteiger partial charge is 0.269 e. The third-order valence-corrected chi connectivity index (χ3v) is 6.55. The number of non-ortho nitro benzene ring substituents is 1. The lowest BCUT2D eigenvalue weighted by Gasteiger charge is -2.16. The first-order valence-electron chi connectivity index (χ1n) is 9.16. The molecule has 6 heteroatoms. The predicted octanol–water partition coefficient (Wildman–Crippen LogP) is 6.75. The van der Waals surface area contributed by atoms with Crippen molar-refractivity contribution < 1.29 is 9.72 Å². The Labute approximate surface area is 178 Å². The number of carbonyl (C=O) groups is 1. The van der Waals surface area contributed by atoms with Gasteiger partial charge in [-0.2, -0.15) is 0 Å². The molecule has 29 heavy (non-hydrogen) atoms. The largest absolute Gasteiger partial charge is 0.287 e. The molecule has 3 rings (SSSR count). The number of aryl methyl sites for hydroxylation is 2. The summed E-state index contributed by atoms with van der Waals surface area (Å²) < 4.78 is 0. The summed E-state index contributed by atoms with van der Waals surface area (Å²) in [5.74, 6) is 0. The highest BCUT2D eigenvalue weighted by Gasteiger charge is 2.19. The Balaban J connectivity index is 1.79. The first-order chi connectivity index (χ1) is 13.9. The van der Waals surface area contributed by atoms with Crippen LogP contribution in [-0.4, -0.2) is 10.0 Å². The van der Waals surface area contributed by atoms with Crippen LogP contribution in [0.2, 0.25) is 0 Å². The molecule has 148 valence electrons. The van der Waals surface area contributed by atoms with Crippen molar-refractivity contribution in [3.63, 3.8) is 0 Å². The minimum atomic E-state index is -0.412. The molecule has 0 aliphatic rings. The third kappa shape index (κ3) is 6.21. The number of carbonyl (C=O) groups excluding carboxylic acids is 1. The number of hydrogen-bond donors (Lipinski definition) is 0. The van der Waals surface area contributed by atoms with E-state index in [0.29, 0.717) is 6.42 Å². The Bertz CT molecular complexity index is 984. The number of nitro groups is 1. The first-order valence-corrected chi connectivity index (χ1v) is 10.9. The van der Waals surface area contributed by atoms with Crippen LogP contribution in [0.3, 0.4) is 0 Å². The molecule has 1 unspecified atom stereocenters. The number of nitrogens with zero attached hydrogens (tertiary/aromatic N) is 1. The van der Waals surface area contributed by atoms with E-state index in [1.807, 2.05) is 62.4 Å². The van der Waals surface area contributed by atoms with Gasteiger partial charge in [0.2, 0.25) is 0 Å². The minimum absolute atomic E-state index is 0.0493. The molecule has 0 aliphatic heterocycles.